The molecule has 2 heterocycles. The van der Waals surface area contributed by atoms with Crippen molar-refractivity contribution in [2.45, 2.75) is 27.3 Å². The van der Waals surface area contributed by atoms with Crippen LogP contribution in [0.15, 0.2) is 54.6 Å². The lowest BCUT2D eigenvalue weighted by atomic mass is 10.0. The van der Waals surface area contributed by atoms with Crippen LogP contribution in [0.3, 0.4) is 0 Å². The van der Waals surface area contributed by atoms with Crippen molar-refractivity contribution in [3.8, 4) is 11.3 Å². The minimum Gasteiger partial charge on any atom is -0.322 e. The van der Waals surface area contributed by atoms with E-state index in [9.17, 15) is 9.18 Å². The van der Waals surface area contributed by atoms with Crippen LogP contribution in [0.4, 0.5) is 10.1 Å². The van der Waals surface area contributed by atoms with Gasteiger partial charge in [-0.15, -0.1) is 0 Å². The zero-order valence-corrected chi connectivity index (χ0v) is 16.5. The van der Waals surface area contributed by atoms with Crippen LogP contribution in [0, 0.1) is 19.7 Å². The van der Waals surface area contributed by atoms with Crippen molar-refractivity contribution in [3.63, 3.8) is 0 Å². The third-order valence-electron chi connectivity index (χ3n) is 4.87. The molecule has 146 valence electrons. The zero-order valence-electron chi connectivity index (χ0n) is 16.5. The van der Waals surface area contributed by atoms with Crippen LogP contribution in [0.25, 0.3) is 22.3 Å². The minimum atomic E-state index is -0.351. The van der Waals surface area contributed by atoms with E-state index in [-0.39, 0.29) is 11.7 Å². The zero-order chi connectivity index (χ0) is 20.5. The fraction of sp³-hybridized carbons (Fsp3) is 0.174. The van der Waals surface area contributed by atoms with E-state index in [1.165, 1.54) is 24.3 Å². The molecule has 1 N–H and O–H groups in total. The Hall–Kier alpha value is -3.54. The molecule has 0 saturated carbocycles. The average molecular weight is 388 g/mol. The first kappa shape index (κ1) is 18.8. The smallest absolute Gasteiger partial charge is 0.256 e. The molecule has 1 amide bonds. The van der Waals surface area contributed by atoms with E-state index in [0.29, 0.717) is 29.1 Å². The number of rotatable bonds is 4. The third kappa shape index (κ3) is 3.61. The van der Waals surface area contributed by atoms with Crippen LogP contribution in [0.5, 0.6) is 0 Å². The summed E-state index contributed by atoms with van der Waals surface area (Å²) in [5.74, 6) is -0.632. The van der Waals surface area contributed by atoms with Gasteiger partial charge in [0, 0.05) is 17.8 Å². The summed E-state index contributed by atoms with van der Waals surface area (Å²) in [6, 6.07) is 15.5. The largest absolute Gasteiger partial charge is 0.322 e. The number of hydrogen-bond acceptors (Lipinski definition) is 3. The number of nitrogens with zero attached hydrogens (tertiary/aromatic N) is 3. The second-order valence-electron chi connectivity index (χ2n) is 6.98. The molecule has 0 fully saturated rings. The molecule has 0 aliphatic rings. The number of benzene rings is 2. The molecule has 0 aliphatic heterocycles. The molecule has 0 bridgehead atoms. The van der Waals surface area contributed by atoms with Gasteiger partial charge in [0.25, 0.3) is 5.91 Å². The van der Waals surface area contributed by atoms with Gasteiger partial charge in [-0.3, -0.25) is 4.79 Å². The van der Waals surface area contributed by atoms with E-state index in [1.807, 2.05) is 45.0 Å². The number of aryl methyl sites for hydroxylation is 3. The van der Waals surface area contributed by atoms with E-state index >= 15 is 0 Å². The molecule has 0 radical (unpaired) electrons. The highest BCUT2D eigenvalue weighted by Crippen LogP contribution is 2.28. The van der Waals surface area contributed by atoms with Gasteiger partial charge in [0.05, 0.1) is 22.3 Å². The van der Waals surface area contributed by atoms with Crippen molar-refractivity contribution < 1.29 is 9.18 Å². The number of halogens is 1. The number of amides is 1. The maximum absolute atomic E-state index is 13.2. The summed E-state index contributed by atoms with van der Waals surface area (Å²) in [5.41, 5.74) is 5.22. The molecule has 0 spiro atoms. The van der Waals surface area contributed by atoms with Crippen molar-refractivity contribution in [1.29, 1.82) is 0 Å². The van der Waals surface area contributed by atoms with Gasteiger partial charge in [-0.2, -0.15) is 5.10 Å². The lowest BCUT2D eigenvalue weighted by Crippen LogP contribution is -2.13. The fourth-order valence-corrected chi connectivity index (χ4v) is 3.36. The maximum Gasteiger partial charge on any atom is 0.256 e. The maximum atomic E-state index is 13.2. The molecule has 0 atom stereocenters. The highest BCUT2D eigenvalue weighted by molar-refractivity contribution is 6.13. The summed E-state index contributed by atoms with van der Waals surface area (Å²) in [6.07, 6.45) is 0. The second-order valence-corrected chi connectivity index (χ2v) is 6.98. The molecule has 5 nitrogen and oxygen atoms in total. The van der Waals surface area contributed by atoms with Gasteiger partial charge in [0.15, 0.2) is 5.65 Å². The number of carbonyl (C=O) groups excluding carboxylic acids is 1. The number of nitrogens with one attached hydrogen (secondary N) is 1. The minimum absolute atomic E-state index is 0.281. The van der Waals surface area contributed by atoms with Crippen molar-refractivity contribution in [3.05, 3.63) is 77.2 Å². The van der Waals surface area contributed by atoms with Crippen molar-refractivity contribution in [2.24, 2.45) is 0 Å². The first-order valence-electron chi connectivity index (χ1n) is 9.48. The predicted molar refractivity (Wildman–Crippen MR) is 112 cm³/mol. The summed E-state index contributed by atoms with van der Waals surface area (Å²) < 4.78 is 15.0. The number of hydrogen-bond donors (Lipinski definition) is 1. The first-order chi connectivity index (χ1) is 14.0. The lowest BCUT2D eigenvalue weighted by molar-refractivity contribution is 0.102. The van der Waals surface area contributed by atoms with Crippen LogP contribution in [-0.4, -0.2) is 20.7 Å². The summed E-state index contributed by atoms with van der Waals surface area (Å²) in [4.78, 5) is 17.9. The Balaban J connectivity index is 1.86. The van der Waals surface area contributed by atoms with Gasteiger partial charge in [-0.1, -0.05) is 29.8 Å². The van der Waals surface area contributed by atoms with Crippen LogP contribution < -0.4 is 5.32 Å². The van der Waals surface area contributed by atoms with E-state index in [0.717, 1.165) is 22.2 Å². The van der Waals surface area contributed by atoms with Crippen LogP contribution in [0.2, 0.25) is 0 Å². The SMILES string of the molecule is CCn1nc(C)c2c(C(=O)Nc3ccc(F)cc3)cc(-c3ccc(C)cc3)nc21. The number of aromatic nitrogens is 3. The van der Waals surface area contributed by atoms with Gasteiger partial charge in [0.1, 0.15) is 5.82 Å². The number of carbonyl (C=O) groups is 1. The first-order valence-corrected chi connectivity index (χ1v) is 9.48. The highest BCUT2D eigenvalue weighted by atomic mass is 19.1. The van der Waals surface area contributed by atoms with Crippen molar-refractivity contribution in [2.75, 3.05) is 5.32 Å². The molecule has 6 heteroatoms. The Morgan fingerprint density at radius 1 is 1.07 bits per heavy atom. The van der Waals surface area contributed by atoms with E-state index < -0.39 is 0 Å². The number of pyridine rings is 1. The van der Waals surface area contributed by atoms with Crippen molar-refractivity contribution in [1.82, 2.24) is 14.8 Å². The van der Waals surface area contributed by atoms with Crippen LogP contribution >= 0.6 is 0 Å². The fourth-order valence-electron chi connectivity index (χ4n) is 3.36. The van der Waals surface area contributed by atoms with Gasteiger partial charge in [0.2, 0.25) is 0 Å². The average Bonchev–Trinajstić information content (AvgIpc) is 3.05. The molecule has 2 aromatic carbocycles. The topological polar surface area (TPSA) is 59.8 Å². The van der Waals surface area contributed by atoms with E-state index in [1.54, 1.807) is 10.7 Å². The second kappa shape index (κ2) is 7.47. The normalized spacial score (nSPS) is 11.0. The highest BCUT2D eigenvalue weighted by Gasteiger charge is 2.20. The molecule has 0 aliphatic carbocycles. The summed E-state index contributed by atoms with van der Waals surface area (Å²) in [5, 5.41) is 8.12. The summed E-state index contributed by atoms with van der Waals surface area (Å²) in [7, 11) is 0. The molecule has 29 heavy (non-hydrogen) atoms. The predicted octanol–water partition coefficient (Wildman–Crippen LogP) is 5.13. The Morgan fingerprint density at radius 3 is 2.41 bits per heavy atom. The number of fused-ring (bicyclic) bond motifs is 1. The third-order valence-corrected chi connectivity index (χ3v) is 4.87. The molecule has 4 aromatic rings. The van der Waals surface area contributed by atoms with E-state index in [2.05, 4.69) is 10.4 Å². The van der Waals surface area contributed by atoms with Crippen molar-refractivity contribution >= 4 is 22.6 Å². The van der Waals surface area contributed by atoms with Gasteiger partial charge < -0.3 is 5.32 Å². The summed E-state index contributed by atoms with van der Waals surface area (Å²) in [6.45, 7) is 6.53. The monoisotopic (exact) mass is 388 g/mol. The Bertz CT molecular complexity index is 1190. The quantitative estimate of drug-likeness (QED) is 0.527. The number of anilines is 1. The van der Waals surface area contributed by atoms with Gasteiger partial charge in [-0.05, 0) is 51.1 Å². The standard InChI is InChI=1S/C23H21FN4O/c1-4-28-22-21(15(3)27-28)19(23(29)25-18-11-9-17(24)10-12-18)13-20(26-22)16-7-5-14(2)6-8-16/h5-13H,4H2,1-3H3,(H,25,29). The van der Waals surface area contributed by atoms with Crippen LogP contribution in [-0.2, 0) is 6.54 Å². The van der Waals surface area contributed by atoms with Gasteiger partial charge in [-0.25, -0.2) is 14.1 Å². The molecule has 0 unspecified atom stereocenters. The molecule has 2 aromatic heterocycles. The molecule has 4 rings (SSSR count). The molecular formula is C23H21FN4O. The Morgan fingerprint density at radius 2 is 1.76 bits per heavy atom. The van der Waals surface area contributed by atoms with Crippen LogP contribution in [0.1, 0.15) is 28.5 Å². The van der Waals surface area contributed by atoms with Gasteiger partial charge >= 0.3 is 0 Å². The molecule has 0 saturated heterocycles. The lowest BCUT2D eigenvalue weighted by Gasteiger charge is -2.10. The molecular weight excluding hydrogens is 367 g/mol. The Labute approximate surface area is 168 Å². The summed E-state index contributed by atoms with van der Waals surface area (Å²) >= 11 is 0. The Kier molecular flexibility index (Phi) is 4.84. The van der Waals surface area contributed by atoms with E-state index in [4.69, 9.17) is 4.98 Å².